The van der Waals surface area contributed by atoms with Crippen molar-refractivity contribution in [2.75, 3.05) is 25.0 Å². The van der Waals surface area contributed by atoms with Gasteiger partial charge in [-0.05, 0) is 33.2 Å². The van der Waals surface area contributed by atoms with Crippen molar-refractivity contribution in [3.05, 3.63) is 12.4 Å². The molecule has 1 aromatic heterocycles. The molecule has 1 N–H and O–H groups in total. The summed E-state index contributed by atoms with van der Waals surface area (Å²) < 4.78 is 5.58. The second-order valence-electron chi connectivity index (χ2n) is 5.26. The van der Waals surface area contributed by atoms with E-state index in [0.717, 1.165) is 38.3 Å². The maximum absolute atomic E-state index is 5.58. The van der Waals surface area contributed by atoms with E-state index >= 15 is 0 Å². The molecular formula is C14H24N4O. The van der Waals surface area contributed by atoms with Crippen LogP contribution < -0.4 is 10.1 Å². The van der Waals surface area contributed by atoms with E-state index in [9.17, 15) is 0 Å². The smallest absolute Gasteiger partial charge is 0.218 e. The van der Waals surface area contributed by atoms with Crippen molar-refractivity contribution in [2.45, 2.75) is 45.8 Å². The van der Waals surface area contributed by atoms with Gasteiger partial charge in [-0.25, -0.2) is 9.97 Å². The van der Waals surface area contributed by atoms with E-state index in [2.05, 4.69) is 27.1 Å². The van der Waals surface area contributed by atoms with Gasteiger partial charge in [-0.1, -0.05) is 6.92 Å². The third kappa shape index (κ3) is 4.35. The van der Waals surface area contributed by atoms with Crippen molar-refractivity contribution >= 4 is 5.82 Å². The van der Waals surface area contributed by atoms with Gasteiger partial charge in [0.25, 0.3) is 0 Å². The van der Waals surface area contributed by atoms with Crippen LogP contribution in [0.4, 0.5) is 5.82 Å². The lowest BCUT2D eigenvalue weighted by Gasteiger charge is -2.31. The maximum atomic E-state index is 5.58. The van der Waals surface area contributed by atoms with Crippen LogP contribution in [0, 0.1) is 0 Å². The number of hydrogen-bond donors (Lipinski definition) is 1. The summed E-state index contributed by atoms with van der Waals surface area (Å²) in [7, 11) is 0. The Morgan fingerprint density at radius 3 is 2.74 bits per heavy atom. The van der Waals surface area contributed by atoms with Gasteiger partial charge in [0, 0.05) is 25.2 Å². The van der Waals surface area contributed by atoms with Crippen LogP contribution in [0.1, 0.15) is 33.6 Å². The number of hydrogen-bond acceptors (Lipinski definition) is 5. The molecule has 2 heterocycles. The van der Waals surface area contributed by atoms with Crippen LogP contribution in [0.2, 0.25) is 0 Å². The Kier molecular flexibility index (Phi) is 4.96. The zero-order chi connectivity index (χ0) is 13.7. The summed E-state index contributed by atoms with van der Waals surface area (Å²) in [5, 5.41) is 3.48. The highest BCUT2D eigenvalue weighted by atomic mass is 16.5. The fraction of sp³-hybridized carbons (Fsp3) is 0.714. The van der Waals surface area contributed by atoms with Crippen LogP contribution in [0.3, 0.4) is 0 Å². The molecule has 1 saturated heterocycles. The molecule has 5 heteroatoms. The number of anilines is 1. The van der Waals surface area contributed by atoms with Crippen molar-refractivity contribution in [1.29, 1.82) is 0 Å². The molecule has 0 aromatic carbocycles. The molecule has 1 aliphatic rings. The van der Waals surface area contributed by atoms with Gasteiger partial charge in [-0.15, -0.1) is 0 Å². The molecule has 1 fully saturated rings. The predicted octanol–water partition coefficient (Wildman–Crippen LogP) is 2.16. The Bertz CT molecular complexity index is 389. The molecule has 0 unspecified atom stereocenters. The van der Waals surface area contributed by atoms with Crippen molar-refractivity contribution in [3.63, 3.8) is 0 Å². The number of piperidine rings is 1. The molecule has 0 saturated carbocycles. The van der Waals surface area contributed by atoms with Crippen LogP contribution in [-0.2, 0) is 0 Å². The fourth-order valence-electron chi connectivity index (χ4n) is 2.33. The van der Waals surface area contributed by atoms with E-state index < -0.39 is 0 Å². The lowest BCUT2D eigenvalue weighted by molar-refractivity contribution is 0.228. The number of ether oxygens (including phenoxy) is 1. The first-order valence-electron chi connectivity index (χ1n) is 7.15. The topological polar surface area (TPSA) is 50.3 Å². The Balaban J connectivity index is 1.89. The van der Waals surface area contributed by atoms with Gasteiger partial charge in [0.15, 0.2) is 0 Å². The van der Waals surface area contributed by atoms with E-state index in [4.69, 9.17) is 4.74 Å². The highest BCUT2D eigenvalue weighted by molar-refractivity contribution is 5.38. The third-order valence-electron chi connectivity index (χ3n) is 3.39. The molecular weight excluding hydrogens is 240 g/mol. The van der Waals surface area contributed by atoms with E-state index in [-0.39, 0.29) is 6.10 Å². The molecule has 0 amide bonds. The van der Waals surface area contributed by atoms with E-state index in [1.54, 1.807) is 6.33 Å². The van der Waals surface area contributed by atoms with E-state index in [0.29, 0.717) is 11.9 Å². The van der Waals surface area contributed by atoms with Gasteiger partial charge >= 0.3 is 0 Å². The molecule has 0 radical (unpaired) electrons. The van der Waals surface area contributed by atoms with Gasteiger partial charge in [0.05, 0.1) is 6.10 Å². The summed E-state index contributed by atoms with van der Waals surface area (Å²) in [5.74, 6) is 1.50. The highest BCUT2D eigenvalue weighted by Gasteiger charge is 2.18. The van der Waals surface area contributed by atoms with Crippen molar-refractivity contribution < 1.29 is 4.74 Å². The molecule has 5 nitrogen and oxygen atoms in total. The monoisotopic (exact) mass is 264 g/mol. The quantitative estimate of drug-likeness (QED) is 0.883. The number of rotatable bonds is 5. The molecule has 0 bridgehead atoms. The summed E-state index contributed by atoms with van der Waals surface area (Å²) in [6, 6.07) is 2.39. The Morgan fingerprint density at radius 1 is 1.37 bits per heavy atom. The lowest BCUT2D eigenvalue weighted by Crippen LogP contribution is -2.39. The molecule has 0 atom stereocenters. The van der Waals surface area contributed by atoms with E-state index in [1.165, 1.54) is 0 Å². The average Bonchev–Trinajstić information content (AvgIpc) is 2.39. The Hall–Kier alpha value is -1.36. The standard InChI is InChI=1S/C14H24N4O/c1-4-18-7-5-12(6-8-18)17-13-9-14(16-10-15-13)19-11(2)3/h9-12H,4-8H2,1-3H3,(H,15,16,17). The SMILES string of the molecule is CCN1CCC(Nc2cc(OC(C)C)ncn2)CC1. The first-order valence-corrected chi connectivity index (χ1v) is 7.15. The van der Waals surface area contributed by atoms with Gasteiger partial charge in [0.2, 0.25) is 5.88 Å². The van der Waals surface area contributed by atoms with Gasteiger partial charge in [-0.3, -0.25) is 0 Å². The van der Waals surface area contributed by atoms with Crippen LogP contribution in [0.5, 0.6) is 5.88 Å². The molecule has 1 aromatic rings. The third-order valence-corrected chi connectivity index (χ3v) is 3.39. The van der Waals surface area contributed by atoms with Gasteiger partial charge < -0.3 is 15.0 Å². The zero-order valence-corrected chi connectivity index (χ0v) is 12.1. The summed E-state index contributed by atoms with van der Waals surface area (Å²) >= 11 is 0. The zero-order valence-electron chi connectivity index (χ0n) is 12.1. The summed E-state index contributed by atoms with van der Waals surface area (Å²) in [6.45, 7) is 9.68. The molecule has 2 rings (SSSR count). The molecule has 0 aliphatic carbocycles. The van der Waals surface area contributed by atoms with Crippen LogP contribution >= 0.6 is 0 Å². The lowest BCUT2D eigenvalue weighted by atomic mass is 10.1. The summed E-state index contributed by atoms with van der Waals surface area (Å²) in [5.41, 5.74) is 0. The normalized spacial score (nSPS) is 17.7. The Morgan fingerprint density at radius 2 is 2.11 bits per heavy atom. The van der Waals surface area contributed by atoms with Crippen molar-refractivity contribution in [2.24, 2.45) is 0 Å². The minimum absolute atomic E-state index is 0.135. The number of nitrogens with zero attached hydrogens (tertiary/aromatic N) is 3. The fourth-order valence-corrected chi connectivity index (χ4v) is 2.33. The number of nitrogens with one attached hydrogen (secondary N) is 1. The van der Waals surface area contributed by atoms with Crippen molar-refractivity contribution in [1.82, 2.24) is 14.9 Å². The number of aromatic nitrogens is 2. The van der Waals surface area contributed by atoms with Gasteiger partial charge in [-0.2, -0.15) is 0 Å². The van der Waals surface area contributed by atoms with E-state index in [1.807, 2.05) is 19.9 Å². The molecule has 1 aliphatic heterocycles. The average molecular weight is 264 g/mol. The van der Waals surface area contributed by atoms with Gasteiger partial charge in [0.1, 0.15) is 12.1 Å². The first-order chi connectivity index (χ1) is 9.17. The minimum atomic E-state index is 0.135. The molecule has 106 valence electrons. The molecule has 19 heavy (non-hydrogen) atoms. The van der Waals surface area contributed by atoms with Crippen molar-refractivity contribution in [3.8, 4) is 5.88 Å². The number of likely N-dealkylation sites (tertiary alicyclic amines) is 1. The molecule has 0 spiro atoms. The van der Waals surface area contributed by atoms with Crippen LogP contribution in [-0.4, -0.2) is 46.6 Å². The second-order valence-corrected chi connectivity index (χ2v) is 5.26. The largest absolute Gasteiger partial charge is 0.475 e. The van der Waals surface area contributed by atoms with Crippen LogP contribution in [0.25, 0.3) is 0 Å². The first kappa shape index (κ1) is 14.1. The minimum Gasteiger partial charge on any atom is -0.475 e. The highest BCUT2D eigenvalue weighted by Crippen LogP contribution is 2.17. The maximum Gasteiger partial charge on any atom is 0.218 e. The predicted molar refractivity (Wildman–Crippen MR) is 76.6 cm³/mol. The summed E-state index contributed by atoms with van der Waals surface area (Å²) in [6.07, 6.45) is 4.02. The van der Waals surface area contributed by atoms with Crippen LogP contribution in [0.15, 0.2) is 12.4 Å². The second kappa shape index (κ2) is 6.70. The summed E-state index contributed by atoms with van der Waals surface area (Å²) in [4.78, 5) is 10.9. The Labute approximate surface area is 115 Å².